The molecule has 8 heteroatoms. The van der Waals surface area contributed by atoms with Crippen molar-refractivity contribution in [1.29, 1.82) is 0 Å². The number of carboxylic acid groups (broad SMARTS) is 1. The predicted octanol–water partition coefficient (Wildman–Crippen LogP) is 2.59. The Bertz CT molecular complexity index is 741. The molecule has 2 aliphatic heterocycles. The molecule has 1 aromatic carbocycles. The molecule has 2 fully saturated rings. The molecular weight excluding hydrogens is 370 g/mol. The number of likely N-dealkylation sites (tertiary alicyclic amines) is 1. The van der Waals surface area contributed by atoms with Gasteiger partial charge < -0.3 is 20.2 Å². The van der Waals surface area contributed by atoms with Gasteiger partial charge in [0.1, 0.15) is 6.04 Å². The molecule has 0 aliphatic carbocycles. The van der Waals surface area contributed by atoms with Crippen LogP contribution < -0.4 is 10.2 Å². The normalized spacial score (nSPS) is 26.0. The van der Waals surface area contributed by atoms with Crippen molar-refractivity contribution in [1.82, 2.24) is 10.2 Å². The van der Waals surface area contributed by atoms with Gasteiger partial charge in [-0.15, -0.1) is 0 Å². The zero-order valence-electron chi connectivity index (χ0n) is 15.2. The number of piperidine rings is 2. The van der Waals surface area contributed by atoms with Crippen molar-refractivity contribution in [2.75, 3.05) is 24.5 Å². The number of para-hydroxylation sites is 1. The second kappa shape index (κ2) is 8.17. The number of urea groups is 1. The van der Waals surface area contributed by atoms with Crippen LogP contribution in [0.15, 0.2) is 24.3 Å². The fourth-order valence-corrected chi connectivity index (χ4v) is 4.09. The summed E-state index contributed by atoms with van der Waals surface area (Å²) in [6, 6.07) is 6.12. The van der Waals surface area contributed by atoms with Crippen LogP contribution in [0.4, 0.5) is 10.5 Å². The number of anilines is 1. The molecule has 2 heterocycles. The predicted molar refractivity (Wildman–Crippen MR) is 102 cm³/mol. The average molecular weight is 394 g/mol. The lowest BCUT2D eigenvalue weighted by atomic mass is 9.91. The van der Waals surface area contributed by atoms with Crippen LogP contribution in [0.5, 0.6) is 0 Å². The molecular formula is C19H24ClN3O4. The molecule has 1 aromatic rings. The van der Waals surface area contributed by atoms with Crippen molar-refractivity contribution in [2.45, 2.75) is 32.2 Å². The van der Waals surface area contributed by atoms with Crippen molar-refractivity contribution >= 4 is 35.2 Å². The Balaban J connectivity index is 1.68. The highest BCUT2D eigenvalue weighted by Crippen LogP contribution is 2.29. The summed E-state index contributed by atoms with van der Waals surface area (Å²) < 4.78 is 0. The second-order valence-electron chi connectivity index (χ2n) is 7.37. The molecule has 3 rings (SSSR count). The van der Waals surface area contributed by atoms with Crippen LogP contribution in [0, 0.1) is 11.8 Å². The van der Waals surface area contributed by atoms with Crippen molar-refractivity contribution in [3.63, 3.8) is 0 Å². The molecule has 146 valence electrons. The lowest BCUT2D eigenvalue weighted by molar-refractivity contribution is -0.143. The summed E-state index contributed by atoms with van der Waals surface area (Å²) in [5, 5.41) is 12.6. The molecule has 0 radical (unpaired) electrons. The van der Waals surface area contributed by atoms with E-state index in [9.17, 15) is 19.5 Å². The number of halogens is 1. The number of amides is 3. The number of carbonyl (C=O) groups is 3. The smallest absolute Gasteiger partial charge is 0.318 e. The van der Waals surface area contributed by atoms with Gasteiger partial charge in [-0.3, -0.25) is 9.59 Å². The number of hydrogen-bond acceptors (Lipinski definition) is 3. The van der Waals surface area contributed by atoms with Gasteiger partial charge in [0.05, 0.1) is 16.6 Å². The van der Waals surface area contributed by atoms with Gasteiger partial charge in [0.25, 0.3) is 0 Å². The minimum atomic E-state index is -0.891. The van der Waals surface area contributed by atoms with E-state index in [1.165, 1.54) is 4.90 Å². The topological polar surface area (TPSA) is 89.9 Å². The summed E-state index contributed by atoms with van der Waals surface area (Å²) in [5.74, 6) is -1.55. The highest BCUT2D eigenvalue weighted by atomic mass is 35.5. The van der Waals surface area contributed by atoms with E-state index in [2.05, 4.69) is 5.32 Å². The van der Waals surface area contributed by atoms with E-state index in [-0.39, 0.29) is 24.4 Å². The number of rotatable bonds is 3. The number of nitrogens with zero attached hydrogens (tertiary/aromatic N) is 2. The fourth-order valence-electron chi connectivity index (χ4n) is 3.86. The Labute approximate surface area is 163 Å². The molecule has 2 N–H and O–H groups in total. The third-order valence-corrected chi connectivity index (χ3v) is 5.50. The Morgan fingerprint density at radius 1 is 1.26 bits per heavy atom. The summed E-state index contributed by atoms with van der Waals surface area (Å²) >= 11 is 6.21. The maximum absolute atomic E-state index is 12.9. The van der Waals surface area contributed by atoms with Gasteiger partial charge in [-0.25, -0.2) is 4.79 Å². The molecule has 0 aromatic heterocycles. The third-order valence-electron chi connectivity index (χ3n) is 5.18. The lowest BCUT2D eigenvalue weighted by Crippen LogP contribution is -2.57. The molecule has 3 unspecified atom stereocenters. The third kappa shape index (κ3) is 4.35. The maximum atomic E-state index is 12.9. The summed E-state index contributed by atoms with van der Waals surface area (Å²) in [6.45, 7) is 3.14. The van der Waals surface area contributed by atoms with Gasteiger partial charge in [0.2, 0.25) is 5.91 Å². The second-order valence-corrected chi connectivity index (χ2v) is 7.77. The Hall–Kier alpha value is -2.28. The Morgan fingerprint density at radius 3 is 2.70 bits per heavy atom. The number of hydrogen-bond donors (Lipinski definition) is 2. The first kappa shape index (κ1) is 19.5. The molecule has 3 atom stereocenters. The van der Waals surface area contributed by atoms with Crippen LogP contribution >= 0.6 is 11.6 Å². The summed E-state index contributed by atoms with van der Waals surface area (Å²) in [6.07, 6.45) is 1.86. The largest absolute Gasteiger partial charge is 0.481 e. The van der Waals surface area contributed by atoms with Crippen molar-refractivity contribution in [3.8, 4) is 0 Å². The molecule has 0 bridgehead atoms. The van der Waals surface area contributed by atoms with Crippen molar-refractivity contribution in [2.24, 2.45) is 11.8 Å². The zero-order chi connectivity index (χ0) is 19.6. The van der Waals surface area contributed by atoms with Crippen LogP contribution in [-0.4, -0.2) is 53.6 Å². The first-order valence-corrected chi connectivity index (χ1v) is 9.58. The average Bonchev–Trinajstić information content (AvgIpc) is 2.63. The van der Waals surface area contributed by atoms with Crippen molar-refractivity contribution < 1.29 is 19.5 Å². The zero-order valence-corrected chi connectivity index (χ0v) is 16.0. The molecule has 27 heavy (non-hydrogen) atoms. The number of carboxylic acids is 1. The van der Waals surface area contributed by atoms with Crippen LogP contribution in [0.1, 0.15) is 26.2 Å². The quantitative estimate of drug-likeness (QED) is 0.825. The summed E-state index contributed by atoms with van der Waals surface area (Å²) in [7, 11) is 0. The van der Waals surface area contributed by atoms with E-state index in [1.807, 2.05) is 13.0 Å². The molecule has 2 saturated heterocycles. The fraction of sp³-hybridized carbons (Fsp3) is 0.526. The van der Waals surface area contributed by atoms with E-state index in [1.54, 1.807) is 23.1 Å². The van der Waals surface area contributed by atoms with Crippen LogP contribution in [0.3, 0.4) is 0 Å². The van der Waals surface area contributed by atoms with Gasteiger partial charge in [-0.2, -0.15) is 0 Å². The molecule has 2 aliphatic rings. The van der Waals surface area contributed by atoms with Crippen LogP contribution in [-0.2, 0) is 9.59 Å². The van der Waals surface area contributed by atoms with Gasteiger partial charge >= 0.3 is 12.0 Å². The van der Waals surface area contributed by atoms with Gasteiger partial charge in [0.15, 0.2) is 0 Å². The number of aliphatic carboxylic acids is 1. The first-order chi connectivity index (χ1) is 12.9. The van der Waals surface area contributed by atoms with Crippen LogP contribution in [0.25, 0.3) is 0 Å². The lowest BCUT2D eigenvalue weighted by Gasteiger charge is -2.37. The standard InChI is InChI=1S/C19H24ClN3O4/c1-12-9-13(18(25)26)11-22(10-12)19(27)21-15-6-4-8-23(17(15)24)16-7-3-2-5-14(16)20/h2-3,5,7,12-13,15H,4,6,8-11H2,1H3,(H,21,27)(H,25,26). The Kier molecular flexibility index (Phi) is 5.89. The first-order valence-electron chi connectivity index (χ1n) is 9.21. The summed E-state index contributed by atoms with van der Waals surface area (Å²) in [4.78, 5) is 40.0. The molecule has 0 spiro atoms. The van der Waals surface area contributed by atoms with E-state index >= 15 is 0 Å². The Morgan fingerprint density at radius 2 is 2.00 bits per heavy atom. The number of nitrogens with one attached hydrogen (secondary N) is 1. The van der Waals surface area contributed by atoms with Crippen molar-refractivity contribution in [3.05, 3.63) is 29.3 Å². The van der Waals surface area contributed by atoms with E-state index in [0.29, 0.717) is 36.6 Å². The SMILES string of the molecule is CC1CC(C(=O)O)CN(C(=O)NC2CCCN(c3ccccc3Cl)C2=O)C1. The maximum Gasteiger partial charge on any atom is 0.318 e. The monoisotopic (exact) mass is 393 g/mol. The number of carbonyl (C=O) groups excluding carboxylic acids is 2. The van der Waals surface area contributed by atoms with Gasteiger partial charge in [-0.1, -0.05) is 30.7 Å². The van der Waals surface area contributed by atoms with Crippen LogP contribution in [0.2, 0.25) is 5.02 Å². The molecule has 7 nitrogen and oxygen atoms in total. The van der Waals surface area contributed by atoms with Gasteiger partial charge in [-0.05, 0) is 37.3 Å². The minimum Gasteiger partial charge on any atom is -0.481 e. The molecule has 3 amide bonds. The van der Waals surface area contributed by atoms with E-state index < -0.39 is 17.9 Å². The minimum absolute atomic E-state index is 0.104. The molecule has 0 saturated carbocycles. The van der Waals surface area contributed by atoms with E-state index in [4.69, 9.17) is 11.6 Å². The summed E-state index contributed by atoms with van der Waals surface area (Å²) in [5.41, 5.74) is 0.639. The van der Waals surface area contributed by atoms with Gasteiger partial charge in [0, 0.05) is 19.6 Å². The van der Waals surface area contributed by atoms with E-state index in [0.717, 1.165) is 6.42 Å². The highest BCUT2D eigenvalue weighted by Gasteiger charge is 2.36. The number of benzene rings is 1. The highest BCUT2D eigenvalue weighted by molar-refractivity contribution is 6.33.